The summed E-state index contributed by atoms with van der Waals surface area (Å²) in [4.78, 5) is 0. The Morgan fingerprint density at radius 1 is 1.00 bits per heavy atom. The highest BCUT2D eigenvalue weighted by Gasteiger charge is 2.04. The molecule has 0 aromatic heterocycles. The first-order valence-corrected chi connectivity index (χ1v) is 7.32. The molecular formula is C18H23NO2. The molecule has 0 heterocycles. The van der Waals surface area contributed by atoms with Crippen molar-refractivity contribution in [1.29, 1.82) is 0 Å². The Morgan fingerprint density at radius 3 is 2.57 bits per heavy atom. The molecule has 21 heavy (non-hydrogen) atoms. The van der Waals surface area contributed by atoms with Crippen molar-refractivity contribution in [3.05, 3.63) is 65.7 Å². The minimum atomic E-state index is 0.0884. The molecule has 2 aromatic carbocycles. The molecule has 112 valence electrons. The molecule has 0 radical (unpaired) electrons. The average molecular weight is 285 g/mol. The fourth-order valence-electron chi connectivity index (χ4n) is 2.15. The second-order valence-corrected chi connectivity index (χ2v) is 4.95. The van der Waals surface area contributed by atoms with Gasteiger partial charge in [-0.15, -0.1) is 0 Å². The zero-order chi connectivity index (χ0) is 14.9. The molecule has 2 aromatic rings. The second kappa shape index (κ2) is 8.45. The van der Waals surface area contributed by atoms with Crippen LogP contribution in [0, 0.1) is 0 Å². The summed E-state index contributed by atoms with van der Waals surface area (Å²) in [6, 6.07) is 18.3. The first-order chi connectivity index (χ1) is 10.3. The van der Waals surface area contributed by atoms with Crippen LogP contribution in [0.25, 0.3) is 0 Å². The van der Waals surface area contributed by atoms with E-state index in [0.29, 0.717) is 13.2 Å². The number of nitrogens with one attached hydrogen (secondary N) is 1. The first-order valence-electron chi connectivity index (χ1n) is 7.32. The SMILES string of the molecule is CNCc1cccc(OCCOC(C)c2ccccc2)c1. The Balaban J connectivity index is 1.73. The zero-order valence-corrected chi connectivity index (χ0v) is 12.7. The van der Waals surface area contributed by atoms with Crippen LogP contribution in [0.3, 0.4) is 0 Å². The quantitative estimate of drug-likeness (QED) is 0.752. The molecule has 0 aliphatic carbocycles. The predicted octanol–water partition coefficient (Wildman–Crippen LogP) is 3.56. The third kappa shape index (κ3) is 5.21. The molecule has 3 heteroatoms. The lowest BCUT2D eigenvalue weighted by atomic mass is 10.1. The Bertz CT molecular complexity index is 528. The van der Waals surface area contributed by atoms with Crippen molar-refractivity contribution >= 4 is 0 Å². The maximum absolute atomic E-state index is 5.79. The molecule has 0 saturated heterocycles. The summed E-state index contributed by atoms with van der Waals surface area (Å²) >= 11 is 0. The van der Waals surface area contributed by atoms with E-state index < -0.39 is 0 Å². The Kier molecular flexibility index (Phi) is 6.25. The van der Waals surface area contributed by atoms with E-state index in [4.69, 9.17) is 9.47 Å². The van der Waals surface area contributed by atoms with Crippen molar-refractivity contribution in [2.24, 2.45) is 0 Å². The lowest BCUT2D eigenvalue weighted by molar-refractivity contribution is 0.0439. The molecule has 1 atom stereocenters. The van der Waals surface area contributed by atoms with E-state index in [1.807, 2.05) is 37.4 Å². The van der Waals surface area contributed by atoms with Crippen LogP contribution < -0.4 is 10.1 Å². The van der Waals surface area contributed by atoms with Gasteiger partial charge in [0, 0.05) is 6.54 Å². The van der Waals surface area contributed by atoms with Gasteiger partial charge in [0.1, 0.15) is 12.4 Å². The molecule has 0 aliphatic heterocycles. The normalized spacial score (nSPS) is 12.1. The third-order valence-corrected chi connectivity index (χ3v) is 3.27. The fourth-order valence-corrected chi connectivity index (χ4v) is 2.15. The molecule has 0 spiro atoms. The Labute approximate surface area is 126 Å². The summed E-state index contributed by atoms with van der Waals surface area (Å²) < 4.78 is 11.5. The lowest BCUT2D eigenvalue weighted by Gasteiger charge is -2.14. The van der Waals surface area contributed by atoms with Crippen LogP contribution >= 0.6 is 0 Å². The van der Waals surface area contributed by atoms with Gasteiger partial charge in [-0.2, -0.15) is 0 Å². The summed E-state index contributed by atoms with van der Waals surface area (Å²) in [5.74, 6) is 0.888. The first kappa shape index (κ1) is 15.5. The largest absolute Gasteiger partial charge is 0.491 e. The smallest absolute Gasteiger partial charge is 0.119 e. The molecular weight excluding hydrogens is 262 g/mol. The van der Waals surface area contributed by atoms with Crippen molar-refractivity contribution in [2.75, 3.05) is 20.3 Å². The van der Waals surface area contributed by atoms with Gasteiger partial charge in [-0.1, -0.05) is 42.5 Å². The van der Waals surface area contributed by atoms with Crippen molar-refractivity contribution in [3.63, 3.8) is 0 Å². The van der Waals surface area contributed by atoms with Crippen LogP contribution in [0.15, 0.2) is 54.6 Å². The van der Waals surface area contributed by atoms with Crippen LogP contribution in [0.5, 0.6) is 5.75 Å². The van der Waals surface area contributed by atoms with Crippen molar-refractivity contribution in [1.82, 2.24) is 5.32 Å². The van der Waals surface area contributed by atoms with Gasteiger partial charge < -0.3 is 14.8 Å². The summed E-state index contributed by atoms with van der Waals surface area (Å²) in [5.41, 5.74) is 2.40. The fraction of sp³-hybridized carbons (Fsp3) is 0.333. The standard InChI is InChI=1S/C18H23NO2/c1-15(17-8-4-3-5-9-17)20-11-12-21-18-10-6-7-16(13-18)14-19-2/h3-10,13,15,19H,11-12,14H2,1-2H3. The maximum Gasteiger partial charge on any atom is 0.119 e. The third-order valence-electron chi connectivity index (χ3n) is 3.27. The highest BCUT2D eigenvalue weighted by atomic mass is 16.5. The molecule has 2 rings (SSSR count). The van der Waals surface area contributed by atoms with Crippen LogP contribution in [0.4, 0.5) is 0 Å². The van der Waals surface area contributed by atoms with Crippen LogP contribution in [0.2, 0.25) is 0 Å². The van der Waals surface area contributed by atoms with Gasteiger partial charge in [-0.05, 0) is 37.2 Å². The Hall–Kier alpha value is -1.84. The number of hydrogen-bond acceptors (Lipinski definition) is 3. The summed E-state index contributed by atoms with van der Waals surface area (Å²) in [6.45, 7) is 4.04. The minimum absolute atomic E-state index is 0.0884. The van der Waals surface area contributed by atoms with Gasteiger partial charge in [0.15, 0.2) is 0 Å². The van der Waals surface area contributed by atoms with Gasteiger partial charge >= 0.3 is 0 Å². The molecule has 0 fully saturated rings. The van der Waals surface area contributed by atoms with Gasteiger partial charge in [0.05, 0.1) is 12.7 Å². The molecule has 3 nitrogen and oxygen atoms in total. The molecule has 0 bridgehead atoms. The number of benzene rings is 2. The number of ether oxygens (including phenoxy) is 2. The lowest BCUT2D eigenvalue weighted by Crippen LogP contribution is -2.10. The summed E-state index contributed by atoms with van der Waals surface area (Å²) in [5, 5.41) is 3.13. The monoisotopic (exact) mass is 285 g/mol. The summed E-state index contributed by atoms with van der Waals surface area (Å²) in [6.07, 6.45) is 0.0884. The van der Waals surface area contributed by atoms with E-state index in [9.17, 15) is 0 Å². The van der Waals surface area contributed by atoms with Gasteiger partial charge in [0.2, 0.25) is 0 Å². The van der Waals surface area contributed by atoms with Gasteiger partial charge in [-0.25, -0.2) is 0 Å². The van der Waals surface area contributed by atoms with Gasteiger partial charge in [0.25, 0.3) is 0 Å². The second-order valence-electron chi connectivity index (χ2n) is 4.95. The van der Waals surface area contributed by atoms with Crippen molar-refractivity contribution in [3.8, 4) is 5.75 Å². The number of hydrogen-bond donors (Lipinski definition) is 1. The zero-order valence-electron chi connectivity index (χ0n) is 12.7. The highest BCUT2D eigenvalue weighted by molar-refractivity contribution is 5.28. The highest BCUT2D eigenvalue weighted by Crippen LogP contribution is 2.16. The van der Waals surface area contributed by atoms with Crippen LogP contribution in [-0.4, -0.2) is 20.3 Å². The topological polar surface area (TPSA) is 30.5 Å². The predicted molar refractivity (Wildman–Crippen MR) is 85.5 cm³/mol. The van der Waals surface area contributed by atoms with E-state index in [1.165, 1.54) is 11.1 Å². The maximum atomic E-state index is 5.79. The van der Waals surface area contributed by atoms with E-state index in [2.05, 4.69) is 36.5 Å². The average Bonchev–Trinajstić information content (AvgIpc) is 2.53. The van der Waals surface area contributed by atoms with Gasteiger partial charge in [-0.3, -0.25) is 0 Å². The van der Waals surface area contributed by atoms with Crippen LogP contribution in [0.1, 0.15) is 24.2 Å². The molecule has 0 saturated carbocycles. The van der Waals surface area contributed by atoms with E-state index in [0.717, 1.165) is 12.3 Å². The van der Waals surface area contributed by atoms with E-state index >= 15 is 0 Å². The van der Waals surface area contributed by atoms with Crippen molar-refractivity contribution in [2.45, 2.75) is 19.6 Å². The summed E-state index contributed by atoms with van der Waals surface area (Å²) in [7, 11) is 1.94. The molecule has 1 unspecified atom stereocenters. The van der Waals surface area contributed by atoms with Crippen LogP contribution in [-0.2, 0) is 11.3 Å². The Morgan fingerprint density at radius 2 is 1.81 bits per heavy atom. The van der Waals surface area contributed by atoms with Crippen molar-refractivity contribution < 1.29 is 9.47 Å². The number of rotatable bonds is 8. The van der Waals surface area contributed by atoms with E-state index in [1.54, 1.807) is 0 Å². The minimum Gasteiger partial charge on any atom is -0.491 e. The van der Waals surface area contributed by atoms with E-state index in [-0.39, 0.29) is 6.10 Å². The molecule has 0 aliphatic rings. The molecule has 0 amide bonds. The molecule has 1 N–H and O–H groups in total.